The lowest BCUT2D eigenvalue weighted by Gasteiger charge is -2.18. The van der Waals surface area contributed by atoms with Crippen molar-refractivity contribution in [1.29, 1.82) is 0 Å². The zero-order valence-electron chi connectivity index (χ0n) is 20.4. The summed E-state index contributed by atoms with van der Waals surface area (Å²) in [6.45, 7) is 4.89. The van der Waals surface area contributed by atoms with E-state index in [-0.39, 0.29) is 6.10 Å². The molecule has 1 saturated carbocycles. The van der Waals surface area contributed by atoms with Gasteiger partial charge in [0.25, 0.3) is 0 Å². The third kappa shape index (κ3) is 18.7. The van der Waals surface area contributed by atoms with Crippen LogP contribution >= 0.6 is 0 Å². The topological polar surface area (TPSA) is 29.1 Å². The van der Waals surface area contributed by atoms with Gasteiger partial charge in [-0.25, -0.2) is 5.11 Å². The van der Waals surface area contributed by atoms with Crippen molar-refractivity contribution < 1.29 is 9.84 Å². The van der Waals surface area contributed by atoms with Gasteiger partial charge in [-0.2, -0.15) is 0 Å². The largest absolute Gasteiger partial charge is 0.378 e. The number of hydrogen-bond donors (Lipinski definition) is 0. The van der Waals surface area contributed by atoms with Crippen LogP contribution in [0, 0.1) is 6.92 Å². The molecule has 0 saturated heterocycles. The third-order valence-corrected chi connectivity index (χ3v) is 6.85. The average molecular weight is 423 g/mol. The van der Waals surface area contributed by atoms with Gasteiger partial charge in [0.05, 0.1) is 12.2 Å². The molecule has 2 radical (unpaired) electrons. The van der Waals surface area contributed by atoms with Gasteiger partial charge in [0, 0.05) is 6.61 Å². The van der Waals surface area contributed by atoms with E-state index >= 15 is 0 Å². The highest BCUT2D eigenvalue weighted by Crippen LogP contribution is 2.19. The summed E-state index contributed by atoms with van der Waals surface area (Å²) in [7, 11) is 0. The fourth-order valence-electron chi connectivity index (χ4n) is 4.77. The van der Waals surface area contributed by atoms with Gasteiger partial charge >= 0.3 is 0 Å². The zero-order chi connectivity index (χ0) is 21.5. The van der Waals surface area contributed by atoms with E-state index in [9.17, 15) is 5.11 Å². The molecule has 0 aromatic heterocycles. The summed E-state index contributed by atoms with van der Waals surface area (Å²) in [5, 5.41) is 12.0. The first-order valence-electron chi connectivity index (χ1n) is 13.9. The zero-order valence-corrected chi connectivity index (χ0v) is 20.4. The molecule has 1 aliphatic carbocycles. The fraction of sp³-hybridized carbons (Fsp3) is 0.964. The van der Waals surface area contributed by atoms with E-state index in [1.807, 2.05) is 0 Å². The Morgan fingerprint density at radius 3 is 1.43 bits per heavy atom. The molecule has 2 heteroatoms. The van der Waals surface area contributed by atoms with Gasteiger partial charge in [0.1, 0.15) is 0 Å². The molecular weight excluding hydrogens is 368 g/mol. The van der Waals surface area contributed by atoms with Crippen LogP contribution < -0.4 is 0 Å². The number of hydrogen-bond acceptors (Lipinski definition) is 1. The molecule has 0 aliphatic heterocycles. The molecule has 1 fully saturated rings. The summed E-state index contributed by atoms with van der Waals surface area (Å²) < 4.78 is 6.34. The molecule has 0 unspecified atom stereocenters. The monoisotopic (exact) mass is 422 g/mol. The Bertz CT molecular complexity index is 311. The molecule has 0 bridgehead atoms. The van der Waals surface area contributed by atoms with E-state index in [1.54, 1.807) is 0 Å². The van der Waals surface area contributed by atoms with E-state index in [0.29, 0.717) is 6.10 Å². The summed E-state index contributed by atoms with van der Waals surface area (Å²) >= 11 is 0. The maximum absolute atomic E-state index is 12.0. The second-order valence-electron chi connectivity index (χ2n) is 9.84. The highest BCUT2D eigenvalue weighted by atomic mass is 16.5. The quantitative estimate of drug-likeness (QED) is 0.322. The lowest BCUT2D eigenvalue weighted by molar-refractivity contribution is 0.0356. The molecule has 30 heavy (non-hydrogen) atoms. The molecule has 0 aromatic carbocycles. The Balaban J connectivity index is 2.16. The first kappa shape index (κ1) is 28.0. The van der Waals surface area contributed by atoms with Crippen molar-refractivity contribution in [2.75, 3.05) is 6.61 Å². The van der Waals surface area contributed by atoms with Crippen LogP contribution in [-0.2, 0) is 9.84 Å². The van der Waals surface area contributed by atoms with Gasteiger partial charge in [-0.15, -0.1) is 0 Å². The summed E-state index contributed by atoms with van der Waals surface area (Å²) in [5.41, 5.74) is 0. The van der Waals surface area contributed by atoms with Crippen LogP contribution in [0.5, 0.6) is 0 Å². The Morgan fingerprint density at radius 2 is 0.933 bits per heavy atom. The van der Waals surface area contributed by atoms with Gasteiger partial charge < -0.3 is 4.74 Å². The number of unbranched alkanes of at least 4 members (excludes halogenated alkanes) is 7. The van der Waals surface area contributed by atoms with Gasteiger partial charge in [-0.1, -0.05) is 129 Å². The van der Waals surface area contributed by atoms with Crippen LogP contribution in [0.1, 0.15) is 154 Å². The fourth-order valence-corrected chi connectivity index (χ4v) is 4.77. The summed E-state index contributed by atoms with van der Waals surface area (Å²) in [5.74, 6) is 0. The Morgan fingerprint density at radius 1 is 0.533 bits per heavy atom. The Kier molecular flexibility index (Phi) is 20.6. The van der Waals surface area contributed by atoms with E-state index < -0.39 is 0 Å². The maximum Gasteiger partial charge on any atom is 0.0930 e. The molecule has 0 amide bonds. The molecule has 178 valence electrons. The molecule has 0 N–H and O–H groups in total. The van der Waals surface area contributed by atoms with Crippen LogP contribution in [0.4, 0.5) is 0 Å². The maximum atomic E-state index is 12.0. The highest BCUT2D eigenvalue weighted by Gasteiger charge is 2.10. The van der Waals surface area contributed by atoms with Crippen molar-refractivity contribution in [1.82, 2.24) is 0 Å². The SMILES string of the molecule is [CH2]CCCCCCCCCOC1CCCCCCCCC([O])CCCCCCCC1. The van der Waals surface area contributed by atoms with Gasteiger partial charge in [0.2, 0.25) is 0 Å². The smallest absolute Gasteiger partial charge is 0.0930 e. The van der Waals surface area contributed by atoms with Crippen molar-refractivity contribution in [2.45, 2.75) is 166 Å². The van der Waals surface area contributed by atoms with Crippen molar-refractivity contribution in [2.24, 2.45) is 0 Å². The van der Waals surface area contributed by atoms with Crippen LogP contribution in [0.15, 0.2) is 0 Å². The molecule has 0 atom stereocenters. The minimum absolute atomic E-state index is 0.291. The standard InChI is InChI=1S/C28H54O2/c1-2-3-4-5-6-11-16-21-26-30-28-24-19-14-9-7-12-17-22-27(29)23-18-13-8-10-15-20-25-28/h27-28H,1-26H2. The van der Waals surface area contributed by atoms with Crippen LogP contribution in [0.3, 0.4) is 0 Å². The van der Waals surface area contributed by atoms with E-state index in [1.165, 1.54) is 122 Å². The number of rotatable bonds is 10. The Hall–Kier alpha value is -0.0800. The molecule has 0 aromatic rings. The van der Waals surface area contributed by atoms with Gasteiger partial charge in [-0.05, 0) is 32.1 Å². The molecule has 0 spiro atoms. The molecular formula is C28H54O2. The highest BCUT2D eigenvalue weighted by molar-refractivity contribution is 4.62. The van der Waals surface area contributed by atoms with Gasteiger partial charge in [-0.3, -0.25) is 0 Å². The van der Waals surface area contributed by atoms with Crippen molar-refractivity contribution in [3.05, 3.63) is 6.92 Å². The molecule has 1 aliphatic rings. The van der Waals surface area contributed by atoms with E-state index in [0.717, 1.165) is 38.7 Å². The van der Waals surface area contributed by atoms with Crippen LogP contribution in [0.25, 0.3) is 0 Å². The minimum Gasteiger partial charge on any atom is -0.378 e. The minimum atomic E-state index is -0.291. The first-order chi connectivity index (χ1) is 14.8. The normalized spacial score (nSPS) is 24.2. The summed E-state index contributed by atoms with van der Waals surface area (Å²) in [6, 6.07) is 0. The predicted molar refractivity (Wildman–Crippen MR) is 130 cm³/mol. The van der Waals surface area contributed by atoms with Crippen LogP contribution in [-0.4, -0.2) is 18.8 Å². The predicted octanol–water partition coefficient (Wildman–Crippen LogP) is 9.38. The summed E-state index contributed by atoms with van der Waals surface area (Å²) in [4.78, 5) is 0. The summed E-state index contributed by atoms with van der Waals surface area (Å²) in [6.07, 6.45) is 30.5. The molecule has 2 nitrogen and oxygen atoms in total. The van der Waals surface area contributed by atoms with E-state index in [2.05, 4.69) is 6.92 Å². The van der Waals surface area contributed by atoms with Crippen LogP contribution in [0.2, 0.25) is 0 Å². The van der Waals surface area contributed by atoms with E-state index in [4.69, 9.17) is 4.74 Å². The first-order valence-corrected chi connectivity index (χ1v) is 13.9. The molecule has 1 rings (SSSR count). The van der Waals surface area contributed by atoms with Gasteiger partial charge in [0.15, 0.2) is 0 Å². The third-order valence-electron chi connectivity index (χ3n) is 6.85. The lowest BCUT2D eigenvalue weighted by Crippen LogP contribution is -2.14. The second-order valence-corrected chi connectivity index (χ2v) is 9.84. The average Bonchev–Trinajstić information content (AvgIpc) is 2.75. The second kappa shape index (κ2) is 22.1. The molecule has 0 heterocycles. The Labute approximate surface area is 189 Å². The van der Waals surface area contributed by atoms with Crippen molar-refractivity contribution in [3.63, 3.8) is 0 Å². The lowest BCUT2D eigenvalue weighted by atomic mass is 9.99. The van der Waals surface area contributed by atoms with Crippen molar-refractivity contribution >= 4 is 0 Å². The van der Waals surface area contributed by atoms with Crippen molar-refractivity contribution in [3.8, 4) is 0 Å². The number of ether oxygens (including phenoxy) is 1.